The van der Waals surface area contributed by atoms with Gasteiger partial charge in [0.05, 0.1) is 0 Å². The third-order valence-electron chi connectivity index (χ3n) is 3.95. The molecule has 0 amide bonds. The molecule has 1 nitrogen and oxygen atoms in total. The topological polar surface area (TPSA) is 26.0 Å². The van der Waals surface area contributed by atoms with Crippen molar-refractivity contribution in [2.45, 2.75) is 38.1 Å². The smallest absolute Gasteiger partial charge is 0.00794 e. The predicted octanol–water partition coefficient (Wildman–Crippen LogP) is 3.90. The SMILES string of the molecule is NC(CCC1CC1)Cc1ccc2ccccc2c1. The molecule has 0 bridgehead atoms. The molecular weight excluding hydrogens is 218 g/mol. The number of rotatable bonds is 5. The van der Waals surface area contributed by atoms with Crippen LogP contribution in [0.25, 0.3) is 10.8 Å². The van der Waals surface area contributed by atoms with Crippen LogP contribution in [-0.2, 0) is 6.42 Å². The van der Waals surface area contributed by atoms with E-state index in [4.69, 9.17) is 5.73 Å². The Morgan fingerprint density at radius 3 is 2.61 bits per heavy atom. The average Bonchev–Trinajstić information content (AvgIpc) is 3.20. The molecule has 1 atom stereocenters. The van der Waals surface area contributed by atoms with Gasteiger partial charge in [-0.05, 0) is 41.5 Å². The molecule has 2 aromatic carbocycles. The van der Waals surface area contributed by atoms with Crippen molar-refractivity contribution in [3.05, 3.63) is 48.0 Å². The quantitative estimate of drug-likeness (QED) is 0.841. The fourth-order valence-corrected chi connectivity index (χ4v) is 2.63. The summed E-state index contributed by atoms with van der Waals surface area (Å²) in [6.45, 7) is 0. The molecule has 2 N–H and O–H groups in total. The number of nitrogens with two attached hydrogens (primary N) is 1. The maximum absolute atomic E-state index is 6.23. The zero-order valence-electron chi connectivity index (χ0n) is 10.8. The monoisotopic (exact) mass is 239 g/mol. The van der Waals surface area contributed by atoms with Gasteiger partial charge in [-0.3, -0.25) is 0 Å². The van der Waals surface area contributed by atoms with Gasteiger partial charge in [0.25, 0.3) is 0 Å². The highest BCUT2D eigenvalue weighted by molar-refractivity contribution is 5.82. The van der Waals surface area contributed by atoms with Crippen LogP contribution in [-0.4, -0.2) is 6.04 Å². The van der Waals surface area contributed by atoms with Gasteiger partial charge in [-0.25, -0.2) is 0 Å². The van der Waals surface area contributed by atoms with Crippen molar-refractivity contribution in [2.75, 3.05) is 0 Å². The first-order valence-electron chi connectivity index (χ1n) is 7.04. The van der Waals surface area contributed by atoms with Crippen LogP contribution in [0.15, 0.2) is 42.5 Å². The normalized spacial score (nSPS) is 16.9. The molecule has 0 spiro atoms. The summed E-state index contributed by atoms with van der Waals surface area (Å²) in [6.07, 6.45) is 6.38. The van der Waals surface area contributed by atoms with Crippen LogP contribution >= 0.6 is 0 Å². The van der Waals surface area contributed by atoms with Crippen molar-refractivity contribution in [3.63, 3.8) is 0 Å². The fraction of sp³-hybridized carbons (Fsp3) is 0.412. The molecule has 1 heteroatoms. The van der Waals surface area contributed by atoms with Crippen molar-refractivity contribution in [1.29, 1.82) is 0 Å². The van der Waals surface area contributed by atoms with E-state index in [2.05, 4.69) is 42.5 Å². The Morgan fingerprint density at radius 1 is 1.06 bits per heavy atom. The number of hydrogen-bond acceptors (Lipinski definition) is 1. The first-order chi connectivity index (χ1) is 8.81. The van der Waals surface area contributed by atoms with Crippen molar-refractivity contribution in [2.24, 2.45) is 11.7 Å². The van der Waals surface area contributed by atoms with Gasteiger partial charge < -0.3 is 5.73 Å². The Morgan fingerprint density at radius 2 is 1.83 bits per heavy atom. The lowest BCUT2D eigenvalue weighted by atomic mass is 9.99. The van der Waals surface area contributed by atoms with Crippen molar-refractivity contribution < 1.29 is 0 Å². The Kier molecular flexibility index (Phi) is 3.33. The van der Waals surface area contributed by atoms with E-state index in [0.717, 1.165) is 12.3 Å². The third-order valence-corrected chi connectivity index (χ3v) is 3.95. The van der Waals surface area contributed by atoms with Crippen LogP contribution < -0.4 is 5.73 Å². The number of benzene rings is 2. The van der Waals surface area contributed by atoms with E-state index >= 15 is 0 Å². The second-order valence-electron chi connectivity index (χ2n) is 5.67. The highest BCUT2D eigenvalue weighted by atomic mass is 14.6. The molecule has 1 unspecified atom stereocenters. The molecule has 2 aromatic rings. The van der Waals surface area contributed by atoms with Crippen molar-refractivity contribution >= 4 is 10.8 Å². The number of fused-ring (bicyclic) bond motifs is 1. The van der Waals surface area contributed by atoms with E-state index in [9.17, 15) is 0 Å². The molecule has 1 fully saturated rings. The van der Waals surface area contributed by atoms with Crippen LogP contribution in [0.4, 0.5) is 0 Å². The van der Waals surface area contributed by atoms with Gasteiger partial charge in [0.15, 0.2) is 0 Å². The van der Waals surface area contributed by atoms with Crippen LogP contribution in [0, 0.1) is 5.92 Å². The Bertz CT molecular complexity index is 528. The Balaban J connectivity index is 1.65. The Hall–Kier alpha value is -1.34. The lowest BCUT2D eigenvalue weighted by Gasteiger charge is -2.11. The first kappa shape index (κ1) is 11.7. The van der Waals surface area contributed by atoms with Gasteiger partial charge in [0.2, 0.25) is 0 Å². The molecular formula is C17H21N. The minimum absolute atomic E-state index is 0.326. The molecule has 3 rings (SSSR count). The molecule has 1 saturated carbocycles. The van der Waals surface area contributed by atoms with E-state index in [1.165, 1.54) is 42.0 Å². The summed E-state index contributed by atoms with van der Waals surface area (Å²) in [4.78, 5) is 0. The van der Waals surface area contributed by atoms with Gasteiger partial charge in [0, 0.05) is 6.04 Å². The minimum atomic E-state index is 0.326. The molecule has 1 aliphatic rings. The second kappa shape index (κ2) is 5.11. The van der Waals surface area contributed by atoms with Gasteiger partial charge >= 0.3 is 0 Å². The molecule has 0 aliphatic heterocycles. The summed E-state index contributed by atoms with van der Waals surface area (Å²) in [5.41, 5.74) is 7.60. The summed E-state index contributed by atoms with van der Waals surface area (Å²) in [6, 6.07) is 15.6. The van der Waals surface area contributed by atoms with Crippen molar-refractivity contribution in [1.82, 2.24) is 0 Å². The standard InChI is InChI=1S/C17H21N/c18-17(10-8-13-5-6-13)12-14-7-9-15-3-1-2-4-16(15)11-14/h1-4,7,9,11,13,17H,5-6,8,10,12,18H2. The van der Waals surface area contributed by atoms with Gasteiger partial charge in [-0.2, -0.15) is 0 Å². The van der Waals surface area contributed by atoms with Crippen LogP contribution in [0.5, 0.6) is 0 Å². The first-order valence-corrected chi connectivity index (χ1v) is 7.04. The average molecular weight is 239 g/mol. The van der Waals surface area contributed by atoms with E-state index in [-0.39, 0.29) is 0 Å². The predicted molar refractivity (Wildman–Crippen MR) is 77.6 cm³/mol. The summed E-state index contributed by atoms with van der Waals surface area (Å²) >= 11 is 0. The summed E-state index contributed by atoms with van der Waals surface area (Å²) in [5.74, 6) is 0.993. The third kappa shape index (κ3) is 2.91. The minimum Gasteiger partial charge on any atom is -0.327 e. The lowest BCUT2D eigenvalue weighted by Crippen LogP contribution is -2.22. The highest BCUT2D eigenvalue weighted by Crippen LogP contribution is 2.33. The maximum Gasteiger partial charge on any atom is 0.00794 e. The molecule has 94 valence electrons. The molecule has 18 heavy (non-hydrogen) atoms. The molecule has 1 aliphatic carbocycles. The lowest BCUT2D eigenvalue weighted by molar-refractivity contribution is 0.551. The summed E-state index contributed by atoms with van der Waals surface area (Å²) in [5, 5.41) is 2.64. The number of hydrogen-bond donors (Lipinski definition) is 1. The Labute approximate surface area is 109 Å². The van der Waals surface area contributed by atoms with Crippen LogP contribution in [0.1, 0.15) is 31.2 Å². The molecule has 0 aromatic heterocycles. The zero-order chi connectivity index (χ0) is 12.4. The molecule has 0 saturated heterocycles. The maximum atomic E-state index is 6.23. The van der Waals surface area contributed by atoms with E-state index < -0.39 is 0 Å². The van der Waals surface area contributed by atoms with E-state index in [1.54, 1.807) is 0 Å². The molecule has 0 radical (unpaired) electrons. The van der Waals surface area contributed by atoms with Crippen molar-refractivity contribution in [3.8, 4) is 0 Å². The van der Waals surface area contributed by atoms with E-state index in [0.29, 0.717) is 6.04 Å². The van der Waals surface area contributed by atoms with Gasteiger partial charge in [-0.1, -0.05) is 55.3 Å². The fourth-order valence-electron chi connectivity index (χ4n) is 2.63. The van der Waals surface area contributed by atoms with Crippen LogP contribution in [0.3, 0.4) is 0 Å². The zero-order valence-corrected chi connectivity index (χ0v) is 10.8. The molecule has 0 heterocycles. The van der Waals surface area contributed by atoms with E-state index in [1.807, 2.05) is 0 Å². The summed E-state index contributed by atoms with van der Waals surface area (Å²) < 4.78 is 0. The summed E-state index contributed by atoms with van der Waals surface area (Å²) in [7, 11) is 0. The largest absolute Gasteiger partial charge is 0.327 e. The van der Waals surface area contributed by atoms with Crippen LogP contribution in [0.2, 0.25) is 0 Å². The van der Waals surface area contributed by atoms with Gasteiger partial charge in [-0.15, -0.1) is 0 Å². The van der Waals surface area contributed by atoms with Gasteiger partial charge in [0.1, 0.15) is 0 Å². The second-order valence-corrected chi connectivity index (χ2v) is 5.67. The highest BCUT2D eigenvalue weighted by Gasteiger charge is 2.21.